The molecule has 1 aromatic carbocycles. The lowest BCUT2D eigenvalue weighted by atomic mass is 9.78. The van der Waals surface area contributed by atoms with Crippen molar-refractivity contribution in [3.05, 3.63) is 121 Å². The number of rotatable bonds is 3. The second kappa shape index (κ2) is 10.6. The van der Waals surface area contributed by atoms with Gasteiger partial charge in [0.05, 0.1) is 17.7 Å². The van der Waals surface area contributed by atoms with Gasteiger partial charge in [-0.15, -0.1) is 0 Å². The zero-order chi connectivity index (χ0) is 29.2. The number of ether oxygens (including phenoxy) is 1. The van der Waals surface area contributed by atoms with Crippen LogP contribution in [0.15, 0.2) is 86.6 Å². The van der Waals surface area contributed by atoms with Crippen LogP contribution >= 0.6 is 0 Å². The third-order valence-corrected chi connectivity index (χ3v) is 11.2. The maximum absolute atomic E-state index is 9.37. The van der Waals surface area contributed by atoms with Crippen LogP contribution in [0.4, 0.5) is 0 Å². The molecule has 7 aliphatic rings. The molecule has 0 bridgehead atoms. The summed E-state index contributed by atoms with van der Waals surface area (Å²) in [7, 11) is 0. The van der Waals surface area contributed by atoms with E-state index in [1.54, 1.807) is 5.57 Å². The molecule has 220 valence electrons. The molecule has 6 aliphatic carbocycles. The number of hydrogen-bond donors (Lipinski definition) is 0. The van der Waals surface area contributed by atoms with Crippen LogP contribution in [-0.4, -0.2) is 6.10 Å². The van der Waals surface area contributed by atoms with Gasteiger partial charge in [-0.3, -0.25) is 0 Å². The smallest absolute Gasteiger partial charge is 0.141 e. The van der Waals surface area contributed by atoms with E-state index in [4.69, 9.17) is 9.15 Å². The van der Waals surface area contributed by atoms with Gasteiger partial charge in [-0.2, -0.15) is 5.26 Å². The number of nitriles is 1. The van der Waals surface area contributed by atoms with Gasteiger partial charge in [0, 0.05) is 35.1 Å². The van der Waals surface area contributed by atoms with Crippen LogP contribution in [0.2, 0.25) is 0 Å². The summed E-state index contributed by atoms with van der Waals surface area (Å²) in [6, 6.07) is 9.55. The second-order valence-electron chi connectivity index (χ2n) is 13.7. The van der Waals surface area contributed by atoms with E-state index in [9.17, 15) is 5.26 Å². The number of fused-ring (bicyclic) bond motifs is 6. The molecule has 0 N–H and O–H groups in total. The highest BCUT2D eigenvalue weighted by Crippen LogP contribution is 2.46. The van der Waals surface area contributed by atoms with Crippen LogP contribution in [0.25, 0.3) is 17.7 Å². The van der Waals surface area contributed by atoms with Gasteiger partial charge in [-0.25, -0.2) is 0 Å². The van der Waals surface area contributed by atoms with Crippen LogP contribution < -0.4 is 10.6 Å². The first-order chi connectivity index (χ1) is 21.7. The first kappa shape index (κ1) is 26.4. The molecule has 0 saturated heterocycles. The summed E-state index contributed by atoms with van der Waals surface area (Å²) in [4.78, 5) is 0. The minimum absolute atomic E-state index is 0.00569. The first-order valence-electron chi connectivity index (χ1n) is 17.0. The molecule has 2 aromatic rings. The molecule has 0 fully saturated rings. The first-order valence-corrected chi connectivity index (χ1v) is 17.0. The monoisotopic (exact) mass is 577 g/mol. The highest BCUT2D eigenvalue weighted by atomic mass is 16.5. The van der Waals surface area contributed by atoms with E-state index in [-0.39, 0.29) is 12.0 Å². The van der Waals surface area contributed by atoms with Crippen molar-refractivity contribution in [3.8, 4) is 6.07 Å². The summed E-state index contributed by atoms with van der Waals surface area (Å²) in [5, 5.41) is 10.7. The van der Waals surface area contributed by atoms with E-state index in [2.05, 4.69) is 60.7 Å². The van der Waals surface area contributed by atoms with E-state index >= 15 is 0 Å². The lowest BCUT2D eigenvalue weighted by Gasteiger charge is -2.26. The summed E-state index contributed by atoms with van der Waals surface area (Å²) < 4.78 is 13.6. The largest absolute Gasteiger partial charge is 0.489 e. The Morgan fingerprint density at radius 2 is 1.61 bits per heavy atom. The Bertz CT molecular complexity index is 1940. The normalized spacial score (nSPS) is 26.8. The van der Waals surface area contributed by atoms with Crippen molar-refractivity contribution >= 4 is 17.7 Å². The standard InChI is InChI=1S/C41H39NO2/c42-24-25-6-5-7-28(20-25)26-12-14-27(15-13-26)29-16-17-31-22-32(19-18-30(31)21-29)39-40-35(33-8-1-3-10-37(33)43-40)23-36-34-9-2-4-11-38(34)44-41(36)39/h5-7,12,14,18-19,21-23,25,35,40H,1-4,8-11,13,15-17,20H2. The molecule has 0 saturated carbocycles. The number of aryl methyl sites for hydroxylation is 2. The maximum atomic E-state index is 9.37. The average Bonchev–Trinajstić information content (AvgIpc) is 3.65. The summed E-state index contributed by atoms with van der Waals surface area (Å²) in [5.41, 5.74) is 15.1. The maximum Gasteiger partial charge on any atom is 0.141 e. The zero-order valence-electron chi connectivity index (χ0n) is 25.5. The lowest BCUT2D eigenvalue weighted by Crippen LogP contribution is -2.38. The van der Waals surface area contributed by atoms with Crippen LogP contribution in [-0.2, 0) is 24.0 Å². The molecule has 1 aromatic heterocycles. The minimum atomic E-state index is 0.00569. The molecule has 3 atom stereocenters. The second-order valence-corrected chi connectivity index (χ2v) is 13.7. The van der Waals surface area contributed by atoms with Gasteiger partial charge in [-0.1, -0.05) is 60.7 Å². The summed E-state index contributed by atoms with van der Waals surface area (Å²) in [6.45, 7) is 0. The van der Waals surface area contributed by atoms with Crippen molar-refractivity contribution in [1.29, 1.82) is 5.26 Å². The Labute approximate surface area is 260 Å². The third-order valence-electron chi connectivity index (χ3n) is 11.2. The number of benzene rings is 1. The van der Waals surface area contributed by atoms with Crippen molar-refractivity contribution in [1.82, 2.24) is 0 Å². The van der Waals surface area contributed by atoms with Crippen molar-refractivity contribution in [2.75, 3.05) is 0 Å². The van der Waals surface area contributed by atoms with Gasteiger partial charge in [0.25, 0.3) is 0 Å². The number of nitrogens with zero attached hydrogens (tertiary/aromatic N) is 1. The molecule has 0 radical (unpaired) electrons. The topological polar surface area (TPSA) is 46.2 Å². The highest BCUT2D eigenvalue weighted by molar-refractivity contribution is 5.76. The van der Waals surface area contributed by atoms with E-state index < -0.39 is 0 Å². The molecule has 3 unspecified atom stereocenters. The van der Waals surface area contributed by atoms with Crippen LogP contribution in [0.3, 0.4) is 0 Å². The highest BCUT2D eigenvalue weighted by Gasteiger charge is 2.42. The Balaban J connectivity index is 1.06. The van der Waals surface area contributed by atoms with Gasteiger partial charge in [0.15, 0.2) is 0 Å². The molecule has 3 heteroatoms. The molecular weight excluding hydrogens is 538 g/mol. The van der Waals surface area contributed by atoms with Gasteiger partial charge in [0.2, 0.25) is 0 Å². The van der Waals surface area contributed by atoms with Crippen molar-refractivity contribution in [2.24, 2.45) is 11.8 Å². The summed E-state index contributed by atoms with van der Waals surface area (Å²) in [5.74, 6) is 2.84. The Morgan fingerprint density at radius 1 is 0.795 bits per heavy atom. The quantitative estimate of drug-likeness (QED) is 0.371. The van der Waals surface area contributed by atoms with E-state index in [1.165, 1.54) is 99.0 Å². The number of hydrogen-bond acceptors (Lipinski definition) is 3. The predicted octanol–water partition coefficient (Wildman–Crippen LogP) is 8.00. The molecule has 44 heavy (non-hydrogen) atoms. The van der Waals surface area contributed by atoms with Crippen LogP contribution in [0.1, 0.15) is 92.2 Å². The molecule has 0 spiro atoms. The fourth-order valence-electron chi connectivity index (χ4n) is 8.89. The molecule has 0 amide bonds. The van der Waals surface area contributed by atoms with Crippen LogP contribution in [0.5, 0.6) is 0 Å². The Morgan fingerprint density at radius 3 is 2.50 bits per heavy atom. The van der Waals surface area contributed by atoms with Gasteiger partial charge in [-0.05, 0) is 115 Å². The predicted molar refractivity (Wildman–Crippen MR) is 175 cm³/mol. The SMILES string of the molecule is N#CC1C=CC=C(C2=CC=C(C3=Cc4ccc(C5=c6oc7c(c6=CC6C8=C(CCCC8)OC56)CCCC7)cc4CC3)CC2)C1. The van der Waals surface area contributed by atoms with Crippen molar-refractivity contribution in [2.45, 2.75) is 89.6 Å². The molecule has 3 nitrogen and oxygen atoms in total. The van der Waals surface area contributed by atoms with E-state index in [0.29, 0.717) is 5.92 Å². The van der Waals surface area contributed by atoms with Crippen molar-refractivity contribution in [3.63, 3.8) is 0 Å². The number of furan rings is 1. The number of allylic oxidation sites excluding steroid dienone is 10. The van der Waals surface area contributed by atoms with Gasteiger partial charge in [0.1, 0.15) is 17.3 Å². The summed E-state index contributed by atoms with van der Waals surface area (Å²) >= 11 is 0. The molecule has 2 heterocycles. The van der Waals surface area contributed by atoms with E-state index in [1.807, 2.05) is 6.08 Å². The van der Waals surface area contributed by atoms with E-state index in [0.717, 1.165) is 56.8 Å². The summed E-state index contributed by atoms with van der Waals surface area (Å²) in [6.07, 6.45) is 30.5. The Hall–Kier alpha value is -4.03. The molecule has 1 aliphatic heterocycles. The fourth-order valence-corrected chi connectivity index (χ4v) is 8.89. The zero-order valence-corrected chi connectivity index (χ0v) is 25.5. The Kier molecular flexibility index (Phi) is 6.33. The lowest BCUT2D eigenvalue weighted by molar-refractivity contribution is 0.165. The van der Waals surface area contributed by atoms with Gasteiger partial charge < -0.3 is 9.15 Å². The minimum Gasteiger partial charge on any atom is -0.489 e. The molecule has 9 rings (SSSR count). The van der Waals surface area contributed by atoms with Crippen molar-refractivity contribution < 1.29 is 9.15 Å². The third kappa shape index (κ3) is 4.29. The fraction of sp³-hybridized carbons (Fsp3) is 0.390. The average molecular weight is 578 g/mol. The van der Waals surface area contributed by atoms with Gasteiger partial charge >= 0.3 is 0 Å². The molecular formula is C41H39NO2. The van der Waals surface area contributed by atoms with Crippen LogP contribution in [0, 0.1) is 23.2 Å².